The van der Waals surface area contributed by atoms with Crippen LogP contribution < -0.4 is 10.1 Å². The SMILES string of the molecule is COc1cc(-n2cnnn2)c(Cl)cc1C(=O)N1CCC(NC(C)=O)C1. The molecule has 9 nitrogen and oxygen atoms in total. The molecule has 0 saturated carbocycles. The van der Waals surface area contributed by atoms with Crippen molar-refractivity contribution in [2.45, 2.75) is 19.4 Å². The number of carbonyl (C=O) groups is 2. The van der Waals surface area contributed by atoms with Gasteiger partial charge in [-0.15, -0.1) is 5.10 Å². The minimum absolute atomic E-state index is 0.0385. The van der Waals surface area contributed by atoms with Crippen molar-refractivity contribution < 1.29 is 14.3 Å². The normalized spacial score (nSPS) is 16.8. The summed E-state index contributed by atoms with van der Waals surface area (Å²) in [5.74, 6) is 0.0727. The van der Waals surface area contributed by atoms with E-state index in [1.165, 1.54) is 25.0 Å². The quantitative estimate of drug-likeness (QED) is 0.855. The summed E-state index contributed by atoms with van der Waals surface area (Å²) in [5.41, 5.74) is 0.866. The zero-order chi connectivity index (χ0) is 18.0. The number of hydrogen-bond acceptors (Lipinski definition) is 6. The summed E-state index contributed by atoms with van der Waals surface area (Å²) < 4.78 is 6.74. The number of hydrogen-bond donors (Lipinski definition) is 1. The highest BCUT2D eigenvalue weighted by atomic mass is 35.5. The molecule has 2 aromatic rings. The van der Waals surface area contributed by atoms with Crippen LogP contribution in [0.5, 0.6) is 5.75 Å². The summed E-state index contributed by atoms with van der Waals surface area (Å²) in [5, 5.41) is 14.1. The van der Waals surface area contributed by atoms with Crippen LogP contribution in [0.1, 0.15) is 23.7 Å². The molecule has 2 amide bonds. The maximum atomic E-state index is 12.8. The number of halogens is 1. The third kappa shape index (κ3) is 3.55. The summed E-state index contributed by atoms with van der Waals surface area (Å²) in [6.07, 6.45) is 2.12. The highest BCUT2D eigenvalue weighted by Gasteiger charge is 2.29. The fraction of sp³-hybridized carbons (Fsp3) is 0.400. The second kappa shape index (κ2) is 7.06. The first-order chi connectivity index (χ1) is 12.0. The number of likely N-dealkylation sites (tertiary alicyclic amines) is 1. The molecule has 1 aliphatic rings. The monoisotopic (exact) mass is 364 g/mol. The molecule has 1 saturated heterocycles. The Kier molecular flexibility index (Phi) is 4.84. The molecule has 0 aliphatic carbocycles. The molecule has 2 heterocycles. The number of tetrazole rings is 1. The van der Waals surface area contributed by atoms with Gasteiger partial charge in [0.15, 0.2) is 0 Å². The Bertz CT molecular complexity index is 795. The number of nitrogens with zero attached hydrogens (tertiary/aromatic N) is 5. The molecule has 1 aromatic carbocycles. The van der Waals surface area contributed by atoms with E-state index in [1.54, 1.807) is 17.0 Å². The molecule has 0 radical (unpaired) electrons. The number of carbonyl (C=O) groups excluding carboxylic acids is 2. The number of nitrogens with one attached hydrogen (secondary N) is 1. The van der Waals surface area contributed by atoms with Gasteiger partial charge in [-0.2, -0.15) is 4.68 Å². The van der Waals surface area contributed by atoms with Crippen LogP contribution >= 0.6 is 11.6 Å². The van der Waals surface area contributed by atoms with E-state index in [2.05, 4.69) is 20.8 Å². The van der Waals surface area contributed by atoms with Crippen LogP contribution in [0, 0.1) is 0 Å². The molecule has 1 aliphatic heterocycles. The molecule has 10 heteroatoms. The zero-order valence-electron chi connectivity index (χ0n) is 13.8. The summed E-state index contributed by atoms with van der Waals surface area (Å²) in [6.45, 7) is 2.47. The van der Waals surface area contributed by atoms with Gasteiger partial charge in [0.05, 0.1) is 23.4 Å². The molecule has 1 fully saturated rings. The second-order valence-corrected chi connectivity index (χ2v) is 6.10. The standard InChI is InChI=1S/C15H17ClN6O3/c1-9(23)18-10-3-4-21(7-10)15(24)11-5-12(16)13(6-14(11)25-2)22-8-17-19-20-22/h5-6,8,10H,3-4,7H2,1-2H3,(H,18,23). The minimum atomic E-state index is -0.199. The lowest BCUT2D eigenvalue weighted by molar-refractivity contribution is -0.119. The number of benzene rings is 1. The van der Waals surface area contributed by atoms with E-state index in [-0.39, 0.29) is 17.9 Å². The first kappa shape index (κ1) is 17.2. The zero-order valence-corrected chi connectivity index (χ0v) is 14.5. The number of amides is 2. The number of aromatic nitrogens is 4. The molecule has 1 atom stereocenters. The van der Waals surface area contributed by atoms with Gasteiger partial charge >= 0.3 is 0 Å². The number of rotatable bonds is 4. The van der Waals surface area contributed by atoms with Crippen LogP contribution in [0.3, 0.4) is 0 Å². The summed E-state index contributed by atoms with van der Waals surface area (Å²) in [6, 6.07) is 3.13. The lowest BCUT2D eigenvalue weighted by Gasteiger charge is -2.19. The van der Waals surface area contributed by atoms with E-state index in [0.717, 1.165) is 0 Å². The summed E-state index contributed by atoms with van der Waals surface area (Å²) >= 11 is 6.30. The summed E-state index contributed by atoms with van der Waals surface area (Å²) in [7, 11) is 1.48. The smallest absolute Gasteiger partial charge is 0.257 e. The van der Waals surface area contributed by atoms with E-state index in [0.29, 0.717) is 41.5 Å². The van der Waals surface area contributed by atoms with Gasteiger partial charge in [0.2, 0.25) is 5.91 Å². The molecule has 0 spiro atoms. The Labute approximate surface area is 148 Å². The minimum Gasteiger partial charge on any atom is -0.496 e. The van der Waals surface area contributed by atoms with Crippen molar-refractivity contribution in [3.05, 3.63) is 29.0 Å². The average Bonchev–Trinajstić information content (AvgIpc) is 3.25. The third-order valence-corrected chi connectivity index (χ3v) is 4.28. The first-order valence-corrected chi connectivity index (χ1v) is 8.04. The predicted octanol–water partition coefficient (Wildman–Crippen LogP) is 0.675. The highest BCUT2D eigenvalue weighted by Crippen LogP contribution is 2.30. The molecule has 0 bridgehead atoms. The molecule has 1 unspecified atom stereocenters. The lowest BCUT2D eigenvalue weighted by atomic mass is 10.1. The van der Waals surface area contributed by atoms with Crippen molar-refractivity contribution >= 4 is 23.4 Å². The molecular weight excluding hydrogens is 348 g/mol. The molecule has 1 aromatic heterocycles. The third-order valence-electron chi connectivity index (χ3n) is 3.98. The van der Waals surface area contributed by atoms with Crippen molar-refractivity contribution in [2.75, 3.05) is 20.2 Å². The van der Waals surface area contributed by atoms with Crippen LogP contribution in [0.4, 0.5) is 0 Å². The van der Waals surface area contributed by atoms with Gasteiger partial charge < -0.3 is 15.0 Å². The van der Waals surface area contributed by atoms with E-state index in [1.807, 2.05) is 0 Å². The van der Waals surface area contributed by atoms with Crippen molar-refractivity contribution in [2.24, 2.45) is 0 Å². The molecular formula is C15H17ClN6O3. The fourth-order valence-corrected chi connectivity index (χ4v) is 3.10. The second-order valence-electron chi connectivity index (χ2n) is 5.70. The first-order valence-electron chi connectivity index (χ1n) is 7.67. The topological polar surface area (TPSA) is 102 Å². The van der Waals surface area contributed by atoms with Gasteiger partial charge in [-0.05, 0) is 22.9 Å². The van der Waals surface area contributed by atoms with Crippen LogP contribution in [0.25, 0.3) is 5.69 Å². The van der Waals surface area contributed by atoms with Crippen LogP contribution in [-0.2, 0) is 4.79 Å². The van der Waals surface area contributed by atoms with Gasteiger partial charge in [0, 0.05) is 32.1 Å². The molecule has 132 valence electrons. The van der Waals surface area contributed by atoms with E-state index < -0.39 is 0 Å². The number of ether oxygens (including phenoxy) is 1. The van der Waals surface area contributed by atoms with Crippen LogP contribution in [0.15, 0.2) is 18.5 Å². The Morgan fingerprint density at radius 1 is 1.40 bits per heavy atom. The van der Waals surface area contributed by atoms with E-state index in [4.69, 9.17) is 16.3 Å². The van der Waals surface area contributed by atoms with Crippen molar-refractivity contribution in [1.82, 2.24) is 30.4 Å². The van der Waals surface area contributed by atoms with Gasteiger partial charge in [-0.25, -0.2) is 0 Å². The van der Waals surface area contributed by atoms with Crippen LogP contribution in [-0.4, -0.2) is 63.2 Å². The Morgan fingerprint density at radius 3 is 2.84 bits per heavy atom. The average molecular weight is 365 g/mol. The van der Waals surface area contributed by atoms with Crippen LogP contribution in [0.2, 0.25) is 5.02 Å². The maximum absolute atomic E-state index is 12.8. The molecule has 25 heavy (non-hydrogen) atoms. The van der Waals surface area contributed by atoms with Gasteiger partial charge in [-0.3, -0.25) is 9.59 Å². The largest absolute Gasteiger partial charge is 0.496 e. The van der Waals surface area contributed by atoms with Gasteiger partial charge in [0.1, 0.15) is 12.1 Å². The van der Waals surface area contributed by atoms with Crippen molar-refractivity contribution in [3.8, 4) is 11.4 Å². The van der Waals surface area contributed by atoms with Crippen molar-refractivity contribution in [1.29, 1.82) is 0 Å². The Morgan fingerprint density at radius 2 is 2.20 bits per heavy atom. The van der Waals surface area contributed by atoms with E-state index >= 15 is 0 Å². The van der Waals surface area contributed by atoms with Gasteiger partial charge in [-0.1, -0.05) is 11.6 Å². The van der Waals surface area contributed by atoms with E-state index in [9.17, 15) is 9.59 Å². The maximum Gasteiger partial charge on any atom is 0.257 e. The molecule has 1 N–H and O–H groups in total. The van der Waals surface area contributed by atoms with Crippen molar-refractivity contribution in [3.63, 3.8) is 0 Å². The Balaban J connectivity index is 1.86. The Hall–Kier alpha value is -2.68. The summed E-state index contributed by atoms with van der Waals surface area (Å²) in [4.78, 5) is 25.7. The predicted molar refractivity (Wildman–Crippen MR) is 88.8 cm³/mol. The fourth-order valence-electron chi connectivity index (χ4n) is 2.85. The lowest BCUT2D eigenvalue weighted by Crippen LogP contribution is -2.37. The number of methoxy groups -OCH3 is 1. The highest BCUT2D eigenvalue weighted by molar-refractivity contribution is 6.33. The molecule has 3 rings (SSSR count). The van der Waals surface area contributed by atoms with Gasteiger partial charge in [0.25, 0.3) is 5.91 Å².